The lowest BCUT2D eigenvalue weighted by Gasteiger charge is -2.35. The molecule has 4 rings (SSSR count). The molecule has 3 heterocycles. The van der Waals surface area contributed by atoms with Gasteiger partial charge in [-0.1, -0.05) is 28.5 Å². The van der Waals surface area contributed by atoms with Gasteiger partial charge in [0.25, 0.3) is 0 Å². The number of methoxy groups -OCH3 is 1. The van der Waals surface area contributed by atoms with E-state index in [1.807, 2.05) is 13.8 Å². The highest BCUT2D eigenvalue weighted by Crippen LogP contribution is 2.49. The van der Waals surface area contributed by atoms with Crippen molar-refractivity contribution in [3.05, 3.63) is 63.6 Å². The van der Waals surface area contributed by atoms with Gasteiger partial charge in [-0.05, 0) is 39.3 Å². The summed E-state index contributed by atoms with van der Waals surface area (Å²) in [5.41, 5.74) is 7.54. The third-order valence-corrected chi connectivity index (χ3v) is 6.85. The average Bonchev–Trinajstić information content (AvgIpc) is 3.05. The molecule has 10 heteroatoms. The van der Waals surface area contributed by atoms with Gasteiger partial charge in [0, 0.05) is 39.8 Å². The molecule has 6 nitrogen and oxygen atoms in total. The van der Waals surface area contributed by atoms with Crippen LogP contribution in [0, 0.1) is 25.5 Å². The van der Waals surface area contributed by atoms with Crippen LogP contribution in [0.25, 0.3) is 11.1 Å². The Morgan fingerprint density at radius 1 is 1.25 bits per heavy atom. The zero-order chi connectivity index (χ0) is 23.2. The van der Waals surface area contributed by atoms with Gasteiger partial charge in [0.1, 0.15) is 22.4 Å². The Labute approximate surface area is 193 Å². The summed E-state index contributed by atoms with van der Waals surface area (Å²) in [6, 6.07) is 3.82. The fourth-order valence-corrected chi connectivity index (χ4v) is 5.70. The second-order valence-electron chi connectivity index (χ2n) is 7.80. The van der Waals surface area contributed by atoms with E-state index in [-0.39, 0.29) is 27.3 Å². The smallest absolute Gasteiger partial charge is 0.232 e. The number of hydrogen-bond donors (Lipinski definition) is 1. The van der Waals surface area contributed by atoms with Gasteiger partial charge in [-0.25, -0.2) is 13.8 Å². The van der Waals surface area contributed by atoms with E-state index >= 15 is 4.39 Å². The standard InChI is InChI=1S/C22H21ClF2N4O2S/c1-10-19(11(2)31-29-10)18-8-22(3,28-21(26)32-18)14-6-13(16(24)7-17(14)25)12-5-15(23)20(30-4)27-9-12/h5-7,9,18H,8H2,1-4H3,(H2,26,28). The summed E-state index contributed by atoms with van der Waals surface area (Å²) in [6.45, 7) is 5.46. The van der Waals surface area contributed by atoms with E-state index in [1.54, 1.807) is 6.92 Å². The molecule has 0 bridgehead atoms. The Bertz CT molecular complexity index is 1210. The minimum atomic E-state index is -1.04. The average molecular weight is 479 g/mol. The highest BCUT2D eigenvalue weighted by atomic mass is 35.5. The van der Waals surface area contributed by atoms with Crippen LogP contribution in [0.4, 0.5) is 8.78 Å². The summed E-state index contributed by atoms with van der Waals surface area (Å²) in [5.74, 6) is -0.546. The number of nitrogens with zero attached hydrogens (tertiary/aromatic N) is 3. The van der Waals surface area contributed by atoms with E-state index in [4.69, 9.17) is 26.6 Å². The van der Waals surface area contributed by atoms with Crippen molar-refractivity contribution in [1.29, 1.82) is 0 Å². The zero-order valence-electron chi connectivity index (χ0n) is 17.9. The van der Waals surface area contributed by atoms with Crippen molar-refractivity contribution in [2.45, 2.75) is 38.0 Å². The maximum atomic E-state index is 15.1. The predicted octanol–water partition coefficient (Wildman–Crippen LogP) is 5.70. The third-order valence-electron chi connectivity index (χ3n) is 5.56. The van der Waals surface area contributed by atoms with Gasteiger partial charge < -0.3 is 15.0 Å². The highest BCUT2D eigenvalue weighted by molar-refractivity contribution is 8.14. The van der Waals surface area contributed by atoms with Crippen molar-refractivity contribution in [2.75, 3.05) is 7.11 Å². The summed E-state index contributed by atoms with van der Waals surface area (Å²) in [5, 5.41) is 4.40. The molecule has 0 saturated carbocycles. The Balaban J connectivity index is 1.81. The number of rotatable bonds is 4. The minimum absolute atomic E-state index is 0.145. The van der Waals surface area contributed by atoms with Crippen LogP contribution in [-0.4, -0.2) is 22.4 Å². The van der Waals surface area contributed by atoms with Gasteiger partial charge in [0.2, 0.25) is 5.88 Å². The number of aliphatic imine (C=N–C) groups is 1. The van der Waals surface area contributed by atoms with Crippen LogP contribution in [0.3, 0.4) is 0 Å². The van der Waals surface area contributed by atoms with Crippen LogP contribution in [0.5, 0.6) is 5.88 Å². The summed E-state index contributed by atoms with van der Waals surface area (Å²) in [6.07, 6.45) is 1.85. The number of ether oxygens (including phenoxy) is 1. The summed E-state index contributed by atoms with van der Waals surface area (Å²) >= 11 is 7.54. The lowest BCUT2D eigenvalue weighted by atomic mass is 9.84. The van der Waals surface area contributed by atoms with Crippen LogP contribution >= 0.6 is 23.4 Å². The van der Waals surface area contributed by atoms with E-state index in [2.05, 4.69) is 15.1 Å². The SMILES string of the molecule is COc1ncc(-c2cc(C3(C)CC(c4c(C)noc4C)SC(N)=N3)c(F)cc2F)cc1Cl. The van der Waals surface area contributed by atoms with Gasteiger partial charge in [0.05, 0.1) is 18.3 Å². The Hall–Kier alpha value is -2.65. The van der Waals surface area contributed by atoms with Crippen LogP contribution in [0.15, 0.2) is 33.9 Å². The predicted molar refractivity (Wildman–Crippen MR) is 121 cm³/mol. The molecule has 1 aromatic carbocycles. The molecule has 168 valence electrons. The number of pyridine rings is 1. The first-order valence-corrected chi connectivity index (χ1v) is 11.0. The number of hydrogen-bond acceptors (Lipinski definition) is 7. The topological polar surface area (TPSA) is 86.5 Å². The Morgan fingerprint density at radius 2 is 2.00 bits per heavy atom. The second kappa shape index (κ2) is 8.37. The maximum absolute atomic E-state index is 15.1. The number of benzene rings is 1. The lowest BCUT2D eigenvalue weighted by molar-refractivity contribution is 0.389. The first-order valence-electron chi connectivity index (χ1n) is 9.77. The molecule has 1 aliphatic heterocycles. The van der Waals surface area contributed by atoms with E-state index in [9.17, 15) is 4.39 Å². The van der Waals surface area contributed by atoms with Crippen LogP contribution in [0.1, 0.15) is 41.2 Å². The molecular weight excluding hydrogens is 458 g/mol. The minimum Gasteiger partial charge on any atom is -0.480 e. The van der Waals surface area contributed by atoms with Crippen molar-refractivity contribution in [1.82, 2.24) is 10.1 Å². The number of nitrogens with two attached hydrogens (primary N) is 1. The zero-order valence-corrected chi connectivity index (χ0v) is 19.4. The second-order valence-corrected chi connectivity index (χ2v) is 9.43. The van der Waals surface area contributed by atoms with E-state index < -0.39 is 17.2 Å². The van der Waals surface area contributed by atoms with Crippen molar-refractivity contribution in [2.24, 2.45) is 10.7 Å². The monoisotopic (exact) mass is 478 g/mol. The molecule has 32 heavy (non-hydrogen) atoms. The number of thioether (sulfide) groups is 1. The Kier molecular flexibility index (Phi) is 5.89. The number of halogens is 3. The molecule has 2 atom stereocenters. The summed E-state index contributed by atoms with van der Waals surface area (Å²) < 4.78 is 40.2. The van der Waals surface area contributed by atoms with Gasteiger partial charge in [-0.15, -0.1) is 0 Å². The molecule has 0 saturated heterocycles. The fourth-order valence-electron chi connectivity index (χ4n) is 4.05. The van der Waals surface area contributed by atoms with Crippen LogP contribution < -0.4 is 10.5 Å². The first kappa shape index (κ1) is 22.5. The van der Waals surface area contributed by atoms with Crippen molar-refractivity contribution < 1.29 is 18.0 Å². The van der Waals surface area contributed by atoms with E-state index in [1.165, 1.54) is 37.2 Å². The lowest BCUT2D eigenvalue weighted by Crippen LogP contribution is -2.31. The van der Waals surface area contributed by atoms with Gasteiger partial charge in [-0.2, -0.15) is 0 Å². The molecule has 0 radical (unpaired) electrons. The van der Waals surface area contributed by atoms with Crippen LogP contribution in [0.2, 0.25) is 5.02 Å². The largest absolute Gasteiger partial charge is 0.480 e. The van der Waals surface area contributed by atoms with Crippen molar-refractivity contribution >= 4 is 28.5 Å². The molecule has 0 spiro atoms. The molecule has 0 fully saturated rings. The number of aryl methyl sites for hydroxylation is 2. The molecule has 2 N–H and O–H groups in total. The first-order chi connectivity index (χ1) is 15.1. The van der Waals surface area contributed by atoms with Crippen LogP contribution in [-0.2, 0) is 5.54 Å². The molecule has 2 aromatic heterocycles. The van der Waals surface area contributed by atoms with Crippen molar-refractivity contribution in [3.8, 4) is 17.0 Å². The van der Waals surface area contributed by atoms with E-state index in [0.717, 1.165) is 17.3 Å². The molecule has 0 amide bonds. The van der Waals surface area contributed by atoms with Gasteiger partial charge in [-0.3, -0.25) is 4.99 Å². The molecule has 3 aromatic rings. The molecule has 2 unspecified atom stereocenters. The van der Waals surface area contributed by atoms with E-state index in [0.29, 0.717) is 22.9 Å². The molecule has 0 aliphatic carbocycles. The maximum Gasteiger partial charge on any atom is 0.232 e. The Morgan fingerprint density at radius 3 is 2.62 bits per heavy atom. The van der Waals surface area contributed by atoms with Gasteiger partial charge in [0.15, 0.2) is 5.17 Å². The highest BCUT2D eigenvalue weighted by Gasteiger charge is 2.39. The third kappa shape index (κ3) is 3.95. The molecular formula is C22H21ClF2N4O2S. The number of amidine groups is 1. The summed E-state index contributed by atoms with van der Waals surface area (Å²) in [4.78, 5) is 8.65. The normalized spacial score (nSPS) is 20.8. The van der Waals surface area contributed by atoms with Gasteiger partial charge >= 0.3 is 0 Å². The quantitative estimate of drug-likeness (QED) is 0.517. The molecule has 1 aliphatic rings. The number of aromatic nitrogens is 2. The van der Waals surface area contributed by atoms with Crippen molar-refractivity contribution in [3.63, 3.8) is 0 Å². The fraction of sp³-hybridized carbons (Fsp3) is 0.318. The summed E-state index contributed by atoms with van der Waals surface area (Å²) in [7, 11) is 1.43.